The molecule has 0 saturated carbocycles. The molecule has 0 radical (unpaired) electrons. The first kappa shape index (κ1) is 22.6. The predicted octanol–water partition coefficient (Wildman–Crippen LogP) is 5.55. The van der Waals surface area contributed by atoms with E-state index in [9.17, 15) is 9.59 Å². The molecule has 3 rings (SSSR count). The van der Waals surface area contributed by atoms with Crippen molar-refractivity contribution >= 4 is 16.9 Å². The lowest BCUT2D eigenvalue weighted by molar-refractivity contribution is -0.136. The highest BCUT2D eigenvalue weighted by Gasteiger charge is 2.17. The Bertz CT molecular complexity index is 1220. The van der Waals surface area contributed by atoms with Gasteiger partial charge in [0, 0.05) is 22.9 Å². The number of rotatable bonds is 6. The number of fused-ring (bicyclic) bond motifs is 1. The normalized spacial score (nSPS) is 11.2. The number of hydrogen-bond donors (Lipinski definition) is 1. The highest BCUT2D eigenvalue weighted by atomic mass is 16.5. The summed E-state index contributed by atoms with van der Waals surface area (Å²) >= 11 is 0. The van der Waals surface area contributed by atoms with Gasteiger partial charge in [-0.15, -0.1) is 0 Å². The molecule has 0 amide bonds. The highest BCUT2D eigenvalue weighted by molar-refractivity contribution is 5.85. The van der Waals surface area contributed by atoms with Gasteiger partial charge in [-0.1, -0.05) is 0 Å². The lowest BCUT2D eigenvalue weighted by Crippen LogP contribution is -2.13. The molecule has 0 aliphatic carbocycles. The average molecular weight is 423 g/mol. The Kier molecular flexibility index (Phi) is 6.25. The number of carboxylic acid groups (broad SMARTS) is 1. The lowest BCUT2D eigenvalue weighted by atomic mass is 9.90. The van der Waals surface area contributed by atoms with Gasteiger partial charge in [-0.05, 0) is 106 Å². The molecule has 0 aliphatic heterocycles. The third-order valence-electron chi connectivity index (χ3n) is 6.77. The zero-order valence-corrected chi connectivity index (χ0v) is 19.4. The van der Waals surface area contributed by atoms with Crippen LogP contribution in [0.1, 0.15) is 56.5 Å². The molecule has 5 heteroatoms. The maximum Gasteiger partial charge on any atom is 0.339 e. The third-order valence-corrected chi connectivity index (χ3v) is 6.77. The number of aliphatic carboxylic acids is 1. The van der Waals surface area contributed by atoms with E-state index in [0.717, 1.165) is 16.5 Å². The van der Waals surface area contributed by atoms with Gasteiger partial charge in [0.2, 0.25) is 0 Å². The number of aryl methyl sites for hydroxylation is 2. The molecule has 2 aromatic carbocycles. The lowest BCUT2D eigenvalue weighted by Gasteiger charge is -2.20. The number of carboxylic acids is 1. The molecule has 0 fully saturated rings. The van der Waals surface area contributed by atoms with Gasteiger partial charge in [-0.25, -0.2) is 4.79 Å². The summed E-state index contributed by atoms with van der Waals surface area (Å²) < 4.78 is 11.8. The second-order valence-electron chi connectivity index (χ2n) is 8.34. The van der Waals surface area contributed by atoms with Crippen LogP contribution in [0.25, 0.3) is 11.0 Å². The van der Waals surface area contributed by atoms with Gasteiger partial charge in [0.05, 0.1) is 0 Å². The fourth-order valence-electron chi connectivity index (χ4n) is 4.19. The van der Waals surface area contributed by atoms with Crippen LogP contribution in [0.3, 0.4) is 0 Å². The first-order chi connectivity index (χ1) is 14.5. The molecule has 0 spiro atoms. The standard InChI is InChI=1S/C26H30O5/c1-13-14(2)16(4)22(17(5)15(13)3)12-30-23-10-8-20-18(6)21(9-11-24(27)28)26(29)31-25(20)19(23)7/h8,10H,9,11-12H2,1-7H3,(H,27,28). The van der Waals surface area contributed by atoms with E-state index in [1.54, 1.807) is 0 Å². The van der Waals surface area contributed by atoms with Crippen LogP contribution in [-0.2, 0) is 17.8 Å². The van der Waals surface area contributed by atoms with E-state index < -0.39 is 11.6 Å². The van der Waals surface area contributed by atoms with Crippen LogP contribution in [0, 0.1) is 48.5 Å². The van der Waals surface area contributed by atoms with Crippen LogP contribution in [0.15, 0.2) is 21.3 Å². The van der Waals surface area contributed by atoms with Crippen molar-refractivity contribution in [2.24, 2.45) is 0 Å². The SMILES string of the molecule is Cc1c(C)c(C)c(COc2ccc3c(C)c(CCC(=O)O)c(=O)oc3c2C)c(C)c1C. The van der Waals surface area contributed by atoms with Gasteiger partial charge in [-0.3, -0.25) is 4.79 Å². The number of carbonyl (C=O) groups is 1. The molecular weight excluding hydrogens is 392 g/mol. The molecule has 1 aromatic heterocycles. The van der Waals surface area contributed by atoms with E-state index in [4.69, 9.17) is 14.3 Å². The maximum absolute atomic E-state index is 12.5. The van der Waals surface area contributed by atoms with Gasteiger partial charge in [0.1, 0.15) is 17.9 Å². The molecule has 0 aliphatic rings. The maximum atomic E-state index is 12.5. The highest BCUT2D eigenvalue weighted by Crippen LogP contribution is 2.32. The predicted molar refractivity (Wildman–Crippen MR) is 122 cm³/mol. The van der Waals surface area contributed by atoms with Crippen molar-refractivity contribution in [1.29, 1.82) is 0 Å². The van der Waals surface area contributed by atoms with Crippen LogP contribution in [0.2, 0.25) is 0 Å². The molecule has 31 heavy (non-hydrogen) atoms. The van der Waals surface area contributed by atoms with Gasteiger partial charge in [-0.2, -0.15) is 0 Å². The third kappa shape index (κ3) is 4.09. The summed E-state index contributed by atoms with van der Waals surface area (Å²) in [6, 6.07) is 3.77. The first-order valence-electron chi connectivity index (χ1n) is 10.5. The zero-order valence-electron chi connectivity index (χ0n) is 19.4. The van der Waals surface area contributed by atoms with Crippen molar-refractivity contribution in [2.45, 2.75) is 67.9 Å². The van der Waals surface area contributed by atoms with Crippen molar-refractivity contribution in [2.75, 3.05) is 0 Å². The molecule has 164 valence electrons. The topological polar surface area (TPSA) is 76.7 Å². The Hall–Kier alpha value is -3.08. The quantitative estimate of drug-likeness (QED) is 0.527. The van der Waals surface area contributed by atoms with E-state index in [1.165, 1.54) is 33.4 Å². The molecule has 1 heterocycles. The number of hydrogen-bond acceptors (Lipinski definition) is 4. The van der Waals surface area contributed by atoms with Crippen molar-refractivity contribution < 1.29 is 19.1 Å². The van der Waals surface area contributed by atoms with E-state index in [0.29, 0.717) is 23.5 Å². The molecule has 5 nitrogen and oxygen atoms in total. The first-order valence-corrected chi connectivity index (χ1v) is 10.5. The minimum Gasteiger partial charge on any atom is -0.488 e. The van der Waals surface area contributed by atoms with Crippen molar-refractivity contribution in [3.05, 3.63) is 72.6 Å². The van der Waals surface area contributed by atoms with E-state index in [1.807, 2.05) is 26.0 Å². The summed E-state index contributed by atoms with van der Waals surface area (Å²) in [6.45, 7) is 14.8. The van der Waals surface area contributed by atoms with Crippen molar-refractivity contribution in [3.8, 4) is 5.75 Å². The zero-order chi connectivity index (χ0) is 23.0. The van der Waals surface area contributed by atoms with Gasteiger partial charge < -0.3 is 14.3 Å². The van der Waals surface area contributed by atoms with Gasteiger partial charge >= 0.3 is 11.6 Å². The van der Waals surface area contributed by atoms with Gasteiger partial charge in [0.25, 0.3) is 0 Å². The average Bonchev–Trinajstić information content (AvgIpc) is 2.72. The van der Waals surface area contributed by atoms with Crippen LogP contribution in [0.4, 0.5) is 0 Å². The molecule has 0 saturated heterocycles. The van der Waals surface area contributed by atoms with Crippen molar-refractivity contribution in [3.63, 3.8) is 0 Å². The Morgan fingerprint density at radius 1 is 0.839 bits per heavy atom. The fraction of sp³-hybridized carbons (Fsp3) is 0.385. The van der Waals surface area contributed by atoms with Crippen LogP contribution < -0.4 is 10.4 Å². The fourth-order valence-corrected chi connectivity index (χ4v) is 4.19. The summed E-state index contributed by atoms with van der Waals surface area (Å²) in [4.78, 5) is 23.4. The molecule has 1 N–H and O–H groups in total. The molecule has 0 unspecified atom stereocenters. The van der Waals surface area contributed by atoms with E-state index in [2.05, 4.69) is 34.6 Å². The largest absolute Gasteiger partial charge is 0.488 e. The smallest absolute Gasteiger partial charge is 0.339 e. The summed E-state index contributed by atoms with van der Waals surface area (Å²) in [5.41, 5.74) is 9.50. The monoisotopic (exact) mass is 422 g/mol. The summed E-state index contributed by atoms with van der Waals surface area (Å²) in [5.74, 6) is -0.269. The Balaban J connectivity index is 1.99. The molecule has 0 atom stereocenters. The molecule has 3 aromatic rings. The van der Waals surface area contributed by atoms with Crippen LogP contribution >= 0.6 is 0 Å². The van der Waals surface area contributed by atoms with Gasteiger partial charge in [0.15, 0.2) is 0 Å². The number of ether oxygens (including phenoxy) is 1. The Labute approximate surface area is 182 Å². The summed E-state index contributed by atoms with van der Waals surface area (Å²) in [6.07, 6.45) is 0.0484. The van der Waals surface area contributed by atoms with Crippen LogP contribution in [-0.4, -0.2) is 11.1 Å². The molecule has 0 bridgehead atoms. The Morgan fingerprint density at radius 2 is 1.42 bits per heavy atom. The second kappa shape index (κ2) is 8.58. The van der Waals surface area contributed by atoms with Crippen LogP contribution in [0.5, 0.6) is 5.75 Å². The summed E-state index contributed by atoms with van der Waals surface area (Å²) in [5, 5.41) is 9.75. The van der Waals surface area contributed by atoms with E-state index >= 15 is 0 Å². The Morgan fingerprint density at radius 3 is 2.00 bits per heavy atom. The minimum absolute atomic E-state index is 0.106. The van der Waals surface area contributed by atoms with E-state index in [-0.39, 0.29) is 12.8 Å². The minimum atomic E-state index is -0.939. The molecular formula is C26H30O5. The second-order valence-corrected chi connectivity index (χ2v) is 8.34. The van der Waals surface area contributed by atoms with Crippen molar-refractivity contribution in [1.82, 2.24) is 0 Å². The number of benzene rings is 2. The summed E-state index contributed by atoms with van der Waals surface area (Å²) in [7, 11) is 0.